The summed E-state index contributed by atoms with van der Waals surface area (Å²) in [6, 6.07) is -4.78. The molecule has 0 unspecified atom stereocenters. The molecule has 2 nitrogen and oxygen atoms in total. The molecule has 0 amide bonds. The second-order valence-electron chi connectivity index (χ2n) is 2.29. The second-order valence-corrected chi connectivity index (χ2v) is 2.29. The highest BCUT2D eigenvalue weighted by Gasteiger charge is 2.05. The number of ether oxygens (including phenoxy) is 1. The molecule has 2 rings (SSSR count). The van der Waals surface area contributed by atoms with Crippen LogP contribution in [-0.2, 0) is 0 Å². The molecule has 2 aromatic rings. The average molecular weight is 197 g/mol. The van der Waals surface area contributed by atoms with Crippen LogP contribution in [0, 0.1) is 0 Å². The van der Waals surface area contributed by atoms with Gasteiger partial charge in [-0.3, -0.25) is 0 Å². The number of benzene rings is 2. The number of carbonyl (C=O) groups excluding carboxylic acids is 1. The van der Waals surface area contributed by atoms with Gasteiger partial charge in [0.05, 0.1) is 9.60 Å². The van der Waals surface area contributed by atoms with E-state index in [0.717, 1.165) is 0 Å². The first-order valence-corrected chi connectivity index (χ1v) is 3.55. The largest absolute Gasteiger partial charge is 0.500 e. The van der Waals surface area contributed by atoms with Gasteiger partial charge in [-0.15, -0.1) is 4.39 Å². The van der Waals surface area contributed by atoms with Crippen LogP contribution in [-0.4, -0.2) is 6.22 Å². The minimum atomic E-state index is -2.28. The van der Waals surface area contributed by atoms with Crippen molar-refractivity contribution in [1.29, 1.82) is 0 Å². The van der Waals surface area contributed by atoms with Crippen LogP contribution in [0.1, 0.15) is 9.60 Å². The zero-order chi connectivity index (χ0) is 16.1. The molecule has 0 fully saturated rings. The van der Waals surface area contributed by atoms with Crippen LogP contribution in [0.25, 0.3) is 10.8 Å². The summed E-state index contributed by atoms with van der Waals surface area (Å²) in [5.74, 6) is -0.800. The van der Waals surface area contributed by atoms with E-state index in [0.29, 0.717) is 0 Å². The zero-order valence-corrected chi connectivity index (χ0v) is 6.69. The SMILES string of the molecule is [2H]c1c([2H])c([2H])c2c(OC(=O)F)c([2H])c([2H])c([2H])c2c1[2H]. The molecule has 0 N–H and O–H groups in total. The van der Waals surface area contributed by atoms with Crippen LogP contribution >= 0.6 is 0 Å². The molecule has 2 aromatic carbocycles. The van der Waals surface area contributed by atoms with Crippen molar-refractivity contribution in [2.24, 2.45) is 0 Å². The fourth-order valence-electron chi connectivity index (χ4n) is 0.946. The molecule has 0 aliphatic heterocycles. The minimum Gasteiger partial charge on any atom is -0.400 e. The third-order valence-electron chi connectivity index (χ3n) is 1.46. The first-order chi connectivity index (χ1) is 9.68. The number of halogens is 1. The summed E-state index contributed by atoms with van der Waals surface area (Å²) in [6.45, 7) is 0. The number of carbonyl (C=O) groups is 1. The van der Waals surface area contributed by atoms with Crippen LogP contribution in [0.2, 0.25) is 0 Å². The lowest BCUT2D eigenvalue weighted by Crippen LogP contribution is -1.97. The Morgan fingerprint density at radius 3 is 2.71 bits per heavy atom. The van der Waals surface area contributed by atoms with Crippen molar-refractivity contribution >= 4 is 17.0 Å². The Kier molecular flexibility index (Phi) is 0.911. The molecular formula is C11H7FO2. The highest BCUT2D eigenvalue weighted by atomic mass is 19.1. The first-order valence-electron chi connectivity index (χ1n) is 7.05. The van der Waals surface area contributed by atoms with Crippen molar-refractivity contribution in [1.82, 2.24) is 0 Å². The third kappa shape index (κ3) is 1.57. The normalized spacial score (nSPS) is 17.1. The van der Waals surface area contributed by atoms with E-state index in [9.17, 15) is 9.18 Å². The Labute approximate surface area is 89.8 Å². The summed E-state index contributed by atoms with van der Waals surface area (Å²) in [5, 5.41) is -0.878. The van der Waals surface area contributed by atoms with Crippen LogP contribution < -0.4 is 4.74 Å². The maximum atomic E-state index is 12.5. The van der Waals surface area contributed by atoms with Crippen LogP contribution in [0.15, 0.2) is 42.3 Å². The molecule has 3 heteroatoms. The molecule has 0 radical (unpaired) electrons. The average Bonchev–Trinajstić information content (AvgIpc) is 2.42. The van der Waals surface area contributed by atoms with Gasteiger partial charge in [-0.05, 0) is 11.4 Å². The minimum absolute atomic E-state index is 0.404. The predicted molar refractivity (Wildman–Crippen MR) is 51.1 cm³/mol. The fourth-order valence-corrected chi connectivity index (χ4v) is 0.946. The smallest absolute Gasteiger partial charge is 0.400 e. The molecule has 70 valence electrons. The highest BCUT2D eigenvalue weighted by Crippen LogP contribution is 2.25. The molecule has 0 aromatic heterocycles. The number of fused-ring (bicyclic) bond motifs is 1. The lowest BCUT2D eigenvalue weighted by atomic mass is 10.1. The van der Waals surface area contributed by atoms with Gasteiger partial charge in [0, 0.05) is 5.39 Å². The summed E-state index contributed by atoms with van der Waals surface area (Å²) in [7, 11) is 0. The molecule has 0 bridgehead atoms. The van der Waals surface area contributed by atoms with Gasteiger partial charge in [-0.2, -0.15) is 0 Å². The maximum absolute atomic E-state index is 12.5. The van der Waals surface area contributed by atoms with Gasteiger partial charge in [0.2, 0.25) is 0 Å². The molecule has 0 spiro atoms. The van der Waals surface area contributed by atoms with Gasteiger partial charge in [0.1, 0.15) is 5.75 Å². The molecule has 0 aliphatic rings. The van der Waals surface area contributed by atoms with Gasteiger partial charge < -0.3 is 4.74 Å². The summed E-state index contributed by atoms with van der Waals surface area (Å²) >= 11 is 0. The Bertz CT molecular complexity index is 782. The summed E-state index contributed by atoms with van der Waals surface area (Å²) in [5.41, 5.74) is 0. The fraction of sp³-hybridized carbons (Fsp3) is 0. The van der Waals surface area contributed by atoms with Gasteiger partial charge in [0.25, 0.3) is 0 Å². The predicted octanol–water partition coefficient (Wildman–Crippen LogP) is 3.31. The summed E-state index contributed by atoms with van der Waals surface area (Å²) < 4.78 is 70.1. The number of hydrogen-bond donors (Lipinski definition) is 0. The molecule has 0 atom stereocenters. The van der Waals surface area contributed by atoms with Crippen molar-refractivity contribution in [3.05, 3.63) is 42.3 Å². The Morgan fingerprint density at radius 2 is 1.93 bits per heavy atom. The van der Waals surface area contributed by atoms with E-state index in [1.54, 1.807) is 0 Å². The molecule has 14 heavy (non-hydrogen) atoms. The van der Waals surface area contributed by atoms with Gasteiger partial charge in [0.15, 0.2) is 0 Å². The monoisotopic (exact) mass is 197 g/mol. The van der Waals surface area contributed by atoms with Crippen molar-refractivity contribution in [2.45, 2.75) is 0 Å². The zero-order valence-electron chi connectivity index (χ0n) is 13.7. The molecule has 0 heterocycles. The van der Waals surface area contributed by atoms with Crippen molar-refractivity contribution in [2.75, 3.05) is 0 Å². The molecule has 0 saturated heterocycles. The summed E-state index contributed by atoms with van der Waals surface area (Å²) in [6.07, 6.45) is -2.28. The van der Waals surface area contributed by atoms with Crippen LogP contribution in [0.4, 0.5) is 9.18 Å². The summed E-state index contributed by atoms with van der Waals surface area (Å²) in [4.78, 5) is 10.5. The first kappa shape index (κ1) is 3.69. The lowest BCUT2D eigenvalue weighted by molar-refractivity contribution is 0.176. The maximum Gasteiger partial charge on any atom is 0.500 e. The van der Waals surface area contributed by atoms with Crippen molar-refractivity contribution in [3.63, 3.8) is 0 Å². The van der Waals surface area contributed by atoms with E-state index in [2.05, 4.69) is 4.74 Å². The van der Waals surface area contributed by atoms with E-state index in [4.69, 9.17) is 9.60 Å². The standard InChI is InChI=1S/C11H7FO2/c12-11(13)14-10-7-3-5-8-4-1-2-6-9(8)10/h1-7H/i1D,2D,3D,4D,5D,6D,7D. The van der Waals surface area contributed by atoms with Crippen LogP contribution in [0.5, 0.6) is 5.75 Å². The van der Waals surface area contributed by atoms with Crippen molar-refractivity contribution in [3.8, 4) is 5.75 Å². The van der Waals surface area contributed by atoms with E-state index in [1.807, 2.05) is 0 Å². The van der Waals surface area contributed by atoms with E-state index >= 15 is 0 Å². The van der Waals surface area contributed by atoms with Gasteiger partial charge >= 0.3 is 6.22 Å². The van der Waals surface area contributed by atoms with Gasteiger partial charge in [-0.25, -0.2) is 4.79 Å². The number of hydrogen-bond acceptors (Lipinski definition) is 2. The molecule has 0 aliphatic carbocycles. The van der Waals surface area contributed by atoms with Crippen molar-refractivity contribution < 1.29 is 23.5 Å². The van der Waals surface area contributed by atoms with Crippen LogP contribution in [0.3, 0.4) is 0 Å². The molecule has 0 saturated carbocycles. The third-order valence-corrected chi connectivity index (χ3v) is 1.46. The topological polar surface area (TPSA) is 26.3 Å². The number of rotatable bonds is 1. The molecular weight excluding hydrogens is 183 g/mol. The lowest BCUT2D eigenvalue weighted by Gasteiger charge is -2.03. The van der Waals surface area contributed by atoms with E-state index in [-0.39, 0.29) is 0 Å². The second kappa shape index (κ2) is 3.46. The van der Waals surface area contributed by atoms with E-state index in [1.165, 1.54) is 0 Å². The highest BCUT2D eigenvalue weighted by molar-refractivity contribution is 5.89. The Morgan fingerprint density at radius 1 is 1.21 bits per heavy atom. The van der Waals surface area contributed by atoms with Gasteiger partial charge in [-0.1, -0.05) is 36.3 Å². The quantitative estimate of drug-likeness (QED) is 0.655. The Hall–Kier alpha value is -1.90. The van der Waals surface area contributed by atoms with E-state index < -0.39 is 65.0 Å². The Balaban J connectivity index is 3.13.